The Morgan fingerprint density at radius 2 is 1.88 bits per heavy atom. The number of anilines is 2. The van der Waals surface area contributed by atoms with Crippen molar-refractivity contribution in [1.82, 2.24) is 5.32 Å². The fourth-order valence-corrected chi connectivity index (χ4v) is 3.28. The van der Waals surface area contributed by atoms with Gasteiger partial charge in [-0.3, -0.25) is 0 Å². The van der Waals surface area contributed by atoms with E-state index in [1.54, 1.807) is 7.11 Å². The van der Waals surface area contributed by atoms with Gasteiger partial charge in [-0.15, -0.1) is 0 Å². The van der Waals surface area contributed by atoms with Gasteiger partial charge in [0, 0.05) is 31.0 Å². The van der Waals surface area contributed by atoms with Crippen LogP contribution in [-0.2, 0) is 0 Å². The SMILES string of the molecule is COc1ccc(N2CCC(CNC(=S)Nc3ccc(C)cc3)C2)cc1. The highest BCUT2D eigenvalue weighted by Gasteiger charge is 2.22. The number of thiocarbonyl (C=S) groups is 1. The fraction of sp³-hybridized carbons (Fsp3) is 0.350. The van der Waals surface area contributed by atoms with Crippen LogP contribution in [0, 0.1) is 12.8 Å². The minimum atomic E-state index is 0.597. The summed E-state index contributed by atoms with van der Waals surface area (Å²) in [6, 6.07) is 16.5. The van der Waals surface area contributed by atoms with Gasteiger partial charge in [-0.05, 0) is 67.9 Å². The number of ether oxygens (including phenoxy) is 1. The third-order valence-electron chi connectivity index (χ3n) is 4.58. The lowest BCUT2D eigenvalue weighted by molar-refractivity contribution is 0.415. The molecule has 2 aromatic rings. The summed E-state index contributed by atoms with van der Waals surface area (Å²) in [5.41, 5.74) is 3.52. The van der Waals surface area contributed by atoms with E-state index in [-0.39, 0.29) is 0 Å². The molecule has 25 heavy (non-hydrogen) atoms. The zero-order chi connectivity index (χ0) is 17.6. The molecule has 0 saturated carbocycles. The van der Waals surface area contributed by atoms with Crippen LogP contribution in [0.5, 0.6) is 5.75 Å². The summed E-state index contributed by atoms with van der Waals surface area (Å²) in [5, 5.41) is 7.28. The van der Waals surface area contributed by atoms with Crippen LogP contribution < -0.4 is 20.3 Å². The highest BCUT2D eigenvalue weighted by Crippen LogP contribution is 2.25. The van der Waals surface area contributed by atoms with E-state index in [1.165, 1.54) is 17.7 Å². The van der Waals surface area contributed by atoms with Crippen molar-refractivity contribution in [2.24, 2.45) is 5.92 Å². The lowest BCUT2D eigenvalue weighted by atomic mass is 10.1. The average molecular weight is 356 g/mol. The van der Waals surface area contributed by atoms with E-state index in [0.717, 1.165) is 31.1 Å². The third kappa shape index (κ3) is 4.86. The molecule has 2 aromatic carbocycles. The van der Waals surface area contributed by atoms with Crippen LogP contribution in [0.2, 0.25) is 0 Å². The summed E-state index contributed by atoms with van der Waals surface area (Å²) >= 11 is 5.40. The number of nitrogens with one attached hydrogen (secondary N) is 2. The van der Waals surface area contributed by atoms with E-state index in [9.17, 15) is 0 Å². The van der Waals surface area contributed by atoms with E-state index in [4.69, 9.17) is 17.0 Å². The first-order valence-electron chi connectivity index (χ1n) is 8.64. The molecule has 1 aliphatic heterocycles. The van der Waals surface area contributed by atoms with Gasteiger partial charge in [0.1, 0.15) is 5.75 Å². The fourth-order valence-electron chi connectivity index (χ4n) is 3.08. The number of nitrogens with zero attached hydrogens (tertiary/aromatic N) is 1. The Bertz CT molecular complexity index is 700. The van der Waals surface area contributed by atoms with Crippen molar-refractivity contribution in [3.05, 3.63) is 54.1 Å². The Morgan fingerprint density at radius 1 is 1.16 bits per heavy atom. The summed E-state index contributed by atoms with van der Waals surface area (Å²) in [5.74, 6) is 1.49. The van der Waals surface area contributed by atoms with Gasteiger partial charge < -0.3 is 20.3 Å². The number of benzene rings is 2. The molecule has 1 unspecified atom stereocenters. The molecule has 132 valence electrons. The summed E-state index contributed by atoms with van der Waals surface area (Å²) < 4.78 is 5.22. The molecule has 1 aliphatic rings. The first-order chi connectivity index (χ1) is 12.1. The molecule has 0 aliphatic carbocycles. The van der Waals surface area contributed by atoms with E-state index >= 15 is 0 Å². The van der Waals surface area contributed by atoms with Gasteiger partial charge in [0.2, 0.25) is 0 Å². The molecule has 5 heteroatoms. The predicted molar refractivity (Wildman–Crippen MR) is 109 cm³/mol. The second-order valence-electron chi connectivity index (χ2n) is 6.50. The molecule has 2 N–H and O–H groups in total. The third-order valence-corrected chi connectivity index (χ3v) is 4.83. The van der Waals surface area contributed by atoms with Gasteiger partial charge >= 0.3 is 0 Å². The molecule has 1 fully saturated rings. The average Bonchev–Trinajstić information content (AvgIpc) is 3.11. The maximum atomic E-state index is 5.40. The number of hydrogen-bond acceptors (Lipinski definition) is 3. The molecule has 0 radical (unpaired) electrons. The molecule has 0 aromatic heterocycles. The van der Waals surface area contributed by atoms with Gasteiger partial charge in [-0.1, -0.05) is 17.7 Å². The maximum absolute atomic E-state index is 5.40. The van der Waals surface area contributed by atoms with Crippen molar-refractivity contribution in [2.45, 2.75) is 13.3 Å². The van der Waals surface area contributed by atoms with Gasteiger partial charge in [-0.25, -0.2) is 0 Å². The molecule has 0 bridgehead atoms. The summed E-state index contributed by atoms with van der Waals surface area (Å²) in [4.78, 5) is 2.42. The Hall–Kier alpha value is -2.27. The van der Waals surface area contributed by atoms with Gasteiger partial charge in [0.25, 0.3) is 0 Å². The van der Waals surface area contributed by atoms with Crippen LogP contribution in [0.1, 0.15) is 12.0 Å². The first kappa shape index (κ1) is 17.5. The molecule has 1 saturated heterocycles. The van der Waals surface area contributed by atoms with Crippen molar-refractivity contribution in [3.8, 4) is 5.75 Å². The largest absolute Gasteiger partial charge is 0.497 e. The summed E-state index contributed by atoms with van der Waals surface area (Å²) in [7, 11) is 1.69. The van der Waals surface area contributed by atoms with Crippen molar-refractivity contribution in [1.29, 1.82) is 0 Å². The van der Waals surface area contributed by atoms with Gasteiger partial charge in [0.05, 0.1) is 7.11 Å². The minimum Gasteiger partial charge on any atom is -0.497 e. The predicted octanol–water partition coefficient (Wildman–Crippen LogP) is 3.82. The molecule has 1 atom stereocenters. The van der Waals surface area contributed by atoms with Crippen molar-refractivity contribution in [2.75, 3.05) is 37.0 Å². The first-order valence-corrected chi connectivity index (χ1v) is 9.05. The topological polar surface area (TPSA) is 36.5 Å². The minimum absolute atomic E-state index is 0.597. The van der Waals surface area contributed by atoms with Crippen molar-refractivity contribution >= 4 is 28.7 Å². The Labute approximate surface area is 155 Å². The van der Waals surface area contributed by atoms with Crippen LogP contribution in [0.15, 0.2) is 48.5 Å². The number of methoxy groups -OCH3 is 1. The molecular weight excluding hydrogens is 330 g/mol. The number of rotatable bonds is 5. The van der Waals surface area contributed by atoms with Gasteiger partial charge in [-0.2, -0.15) is 0 Å². The molecule has 0 amide bonds. The van der Waals surface area contributed by atoms with Crippen LogP contribution in [0.4, 0.5) is 11.4 Å². The zero-order valence-electron chi connectivity index (χ0n) is 14.8. The van der Waals surface area contributed by atoms with E-state index in [0.29, 0.717) is 11.0 Å². The highest BCUT2D eigenvalue weighted by atomic mass is 32.1. The zero-order valence-corrected chi connectivity index (χ0v) is 15.6. The normalized spacial score (nSPS) is 16.6. The molecular formula is C20H25N3OS. The second kappa shape index (κ2) is 8.21. The Kier molecular flexibility index (Phi) is 5.76. The van der Waals surface area contributed by atoms with Crippen molar-refractivity contribution in [3.63, 3.8) is 0 Å². The quantitative estimate of drug-likeness (QED) is 0.798. The van der Waals surface area contributed by atoms with E-state index < -0.39 is 0 Å². The molecule has 4 nitrogen and oxygen atoms in total. The summed E-state index contributed by atoms with van der Waals surface area (Å²) in [6.45, 7) is 5.10. The Morgan fingerprint density at radius 3 is 2.56 bits per heavy atom. The van der Waals surface area contributed by atoms with E-state index in [2.05, 4.69) is 46.7 Å². The summed E-state index contributed by atoms with van der Waals surface area (Å²) in [6.07, 6.45) is 1.17. The van der Waals surface area contributed by atoms with Crippen molar-refractivity contribution < 1.29 is 4.74 Å². The smallest absolute Gasteiger partial charge is 0.170 e. The van der Waals surface area contributed by atoms with Crippen LogP contribution in [0.3, 0.4) is 0 Å². The number of aryl methyl sites for hydroxylation is 1. The van der Waals surface area contributed by atoms with E-state index in [1.807, 2.05) is 24.3 Å². The second-order valence-corrected chi connectivity index (χ2v) is 6.91. The van der Waals surface area contributed by atoms with Crippen LogP contribution >= 0.6 is 12.2 Å². The van der Waals surface area contributed by atoms with Gasteiger partial charge in [0.15, 0.2) is 5.11 Å². The molecule has 1 heterocycles. The number of hydrogen-bond donors (Lipinski definition) is 2. The standard InChI is InChI=1S/C20H25N3OS/c1-15-3-5-17(6-4-15)22-20(25)21-13-16-11-12-23(14-16)18-7-9-19(24-2)10-8-18/h3-10,16H,11-14H2,1-2H3,(H2,21,22,25). The lowest BCUT2D eigenvalue weighted by Crippen LogP contribution is -2.34. The highest BCUT2D eigenvalue weighted by molar-refractivity contribution is 7.80. The Balaban J connectivity index is 1.44. The maximum Gasteiger partial charge on any atom is 0.170 e. The molecule has 0 spiro atoms. The molecule has 3 rings (SSSR count). The monoisotopic (exact) mass is 355 g/mol. The lowest BCUT2D eigenvalue weighted by Gasteiger charge is -2.19. The van der Waals surface area contributed by atoms with Crippen LogP contribution in [0.25, 0.3) is 0 Å². The van der Waals surface area contributed by atoms with Crippen LogP contribution in [-0.4, -0.2) is 31.9 Å².